The quantitative estimate of drug-likeness (QED) is 0.796. The second kappa shape index (κ2) is 4.65. The minimum absolute atomic E-state index is 0.0339. The van der Waals surface area contributed by atoms with Crippen molar-refractivity contribution in [2.24, 2.45) is 0 Å². The number of amides is 1. The van der Waals surface area contributed by atoms with Gasteiger partial charge in [-0.3, -0.25) is 4.79 Å². The van der Waals surface area contributed by atoms with Crippen LogP contribution in [0.2, 0.25) is 0 Å². The van der Waals surface area contributed by atoms with Gasteiger partial charge in [-0.25, -0.2) is 0 Å². The van der Waals surface area contributed by atoms with E-state index in [1.165, 1.54) is 0 Å². The molecule has 1 N–H and O–H groups in total. The van der Waals surface area contributed by atoms with E-state index in [-0.39, 0.29) is 13.1 Å². The van der Waals surface area contributed by atoms with Crippen molar-refractivity contribution in [1.29, 1.82) is 0 Å². The van der Waals surface area contributed by atoms with Crippen molar-refractivity contribution in [3.05, 3.63) is 42.1 Å². The Morgan fingerprint density at radius 2 is 2.00 bits per heavy atom. The van der Waals surface area contributed by atoms with Crippen molar-refractivity contribution in [2.45, 2.75) is 12.6 Å². The van der Waals surface area contributed by atoms with Crippen molar-refractivity contribution >= 4 is 22.4 Å². The number of halogens is 3. The van der Waals surface area contributed by atoms with E-state index in [9.17, 15) is 18.0 Å². The van der Waals surface area contributed by atoms with Crippen LogP contribution in [0.25, 0.3) is 16.5 Å². The fraction of sp³-hybridized carbons (Fsp3) is 0.267. The number of nitrogens with zero attached hydrogens (tertiary/aromatic N) is 1. The fourth-order valence-electron chi connectivity index (χ4n) is 2.75. The summed E-state index contributed by atoms with van der Waals surface area (Å²) in [5.41, 5.74) is 3.09. The molecule has 0 fully saturated rings. The second-order valence-electron chi connectivity index (χ2n) is 5.10. The van der Waals surface area contributed by atoms with Crippen LogP contribution in [0, 0.1) is 0 Å². The summed E-state index contributed by atoms with van der Waals surface area (Å²) in [5.74, 6) is -1.81. The van der Waals surface area contributed by atoms with Crippen LogP contribution in [-0.2, 0) is 11.2 Å². The zero-order valence-corrected chi connectivity index (χ0v) is 11.1. The van der Waals surface area contributed by atoms with Crippen LogP contribution in [0.1, 0.15) is 11.3 Å². The molecule has 1 aromatic heterocycles. The molecule has 1 aliphatic heterocycles. The van der Waals surface area contributed by atoms with Gasteiger partial charge < -0.3 is 9.88 Å². The normalized spacial score (nSPS) is 16.0. The van der Waals surface area contributed by atoms with E-state index < -0.39 is 12.1 Å². The molecule has 0 atom stereocenters. The Morgan fingerprint density at radius 3 is 2.71 bits per heavy atom. The number of carbonyl (C=O) groups excluding carboxylic acids is 1. The van der Waals surface area contributed by atoms with Gasteiger partial charge in [0.1, 0.15) is 0 Å². The molecule has 110 valence electrons. The van der Waals surface area contributed by atoms with Gasteiger partial charge in [0.15, 0.2) is 0 Å². The minimum Gasteiger partial charge on any atom is -0.355 e. The number of aromatic nitrogens is 1. The number of hydrogen-bond donors (Lipinski definition) is 1. The molecule has 0 radical (unpaired) electrons. The molecule has 6 heteroatoms. The topological polar surface area (TPSA) is 36.1 Å². The number of benzene rings is 1. The lowest BCUT2D eigenvalue weighted by Gasteiger charge is -2.22. The lowest BCUT2D eigenvalue weighted by atomic mass is 10.1. The molecule has 3 nitrogen and oxygen atoms in total. The van der Waals surface area contributed by atoms with Crippen LogP contribution in [0.3, 0.4) is 0 Å². The lowest BCUT2D eigenvalue weighted by molar-refractivity contribution is -0.184. The maximum Gasteiger partial charge on any atom is 0.471 e. The van der Waals surface area contributed by atoms with E-state index in [2.05, 4.69) is 11.6 Å². The van der Waals surface area contributed by atoms with Gasteiger partial charge in [-0.2, -0.15) is 13.2 Å². The number of nitrogens with one attached hydrogen (secondary N) is 1. The third-order valence-electron chi connectivity index (χ3n) is 3.71. The maximum absolute atomic E-state index is 12.6. The highest BCUT2D eigenvalue weighted by molar-refractivity contribution is 5.91. The van der Waals surface area contributed by atoms with E-state index in [1.807, 2.05) is 24.3 Å². The molecule has 1 aliphatic rings. The number of hydrogen-bond acceptors (Lipinski definition) is 1. The van der Waals surface area contributed by atoms with E-state index in [4.69, 9.17) is 0 Å². The average molecular weight is 294 g/mol. The highest BCUT2D eigenvalue weighted by Gasteiger charge is 2.43. The Hall–Kier alpha value is -2.24. The molecule has 0 bridgehead atoms. The van der Waals surface area contributed by atoms with Gasteiger partial charge in [0.2, 0.25) is 0 Å². The number of H-pyrrole nitrogens is 1. The molecule has 0 saturated carbocycles. The minimum atomic E-state index is -4.85. The molecule has 1 amide bonds. The molecule has 3 rings (SSSR count). The molecule has 1 aromatic carbocycles. The SMILES string of the molecule is C=C1CN(C(=O)C(F)(F)F)CCc2c1[nH]c1ccccc21. The molecular weight excluding hydrogens is 281 g/mol. The summed E-state index contributed by atoms with van der Waals surface area (Å²) in [6.45, 7) is 3.75. The molecule has 2 heterocycles. The highest BCUT2D eigenvalue weighted by atomic mass is 19.4. The van der Waals surface area contributed by atoms with Crippen molar-refractivity contribution in [3.8, 4) is 0 Å². The first-order valence-corrected chi connectivity index (χ1v) is 6.52. The largest absolute Gasteiger partial charge is 0.471 e. The first-order chi connectivity index (χ1) is 9.88. The Labute approximate surface area is 119 Å². The number of fused-ring (bicyclic) bond motifs is 3. The third-order valence-corrected chi connectivity index (χ3v) is 3.71. The van der Waals surface area contributed by atoms with E-state index in [0.29, 0.717) is 12.0 Å². The van der Waals surface area contributed by atoms with Crippen LogP contribution in [-0.4, -0.2) is 35.1 Å². The molecule has 0 saturated heterocycles. The Kier molecular flexibility index (Phi) is 3.04. The maximum atomic E-state index is 12.6. The standard InChI is InChI=1S/C15H13F3N2O/c1-9-8-20(14(21)15(16,17)18)7-6-11-10-4-2-3-5-12(10)19-13(9)11/h2-5,19H,1,6-8H2. The zero-order valence-electron chi connectivity index (χ0n) is 11.1. The number of para-hydroxylation sites is 1. The first kappa shape index (κ1) is 13.7. The van der Waals surface area contributed by atoms with Gasteiger partial charge in [-0.05, 0) is 23.6 Å². The predicted molar refractivity (Wildman–Crippen MR) is 73.7 cm³/mol. The van der Waals surface area contributed by atoms with Crippen LogP contribution in [0.15, 0.2) is 30.8 Å². The number of alkyl halides is 3. The number of carbonyl (C=O) groups is 1. The van der Waals surface area contributed by atoms with Crippen molar-refractivity contribution in [1.82, 2.24) is 9.88 Å². The molecule has 0 spiro atoms. The Morgan fingerprint density at radius 1 is 1.29 bits per heavy atom. The van der Waals surface area contributed by atoms with Crippen LogP contribution < -0.4 is 0 Å². The summed E-state index contributed by atoms with van der Waals surface area (Å²) in [5, 5.41) is 0.968. The van der Waals surface area contributed by atoms with Gasteiger partial charge in [0, 0.05) is 29.7 Å². The van der Waals surface area contributed by atoms with Crippen LogP contribution in [0.5, 0.6) is 0 Å². The van der Waals surface area contributed by atoms with E-state index >= 15 is 0 Å². The van der Waals surface area contributed by atoms with Crippen LogP contribution in [0.4, 0.5) is 13.2 Å². The van der Waals surface area contributed by atoms with Gasteiger partial charge >= 0.3 is 12.1 Å². The summed E-state index contributed by atoms with van der Waals surface area (Å²) in [4.78, 5) is 15.4. The van der Waals surface area contributed by atoms with Crippen molar-refractivity contribution in [3.63, 3.8) is 0 Å². The molecule has 2 aromatic rings. The molecule has 21 heavy (non-hydrogen) atoms. The van der Waals surface area contributed by atoms with Gasteiger partial charge in [0.05, 0.1) is 0 Å². The Balaban J connectivity index is 1.97. The van der Waals surface area contributed by atoms with E-state index in [1.54, 1.807) is 0 Å². The monoisotopic (exact) mass is 294 g/mol. The summed E-state index contributed by atoms with van der Waals surface area (Å²) < 4.78 is 37.7. The predicted octanol–water partition coefficient (Wildman–Crippen LogP) is 3.13. The molecule has 0 unspecified atom stereocenters. The second-order valence-corrected chi connectivity index (χ2v) is 5.10. The average Bonchev–Trinajstić information content (AvgIpc) is 2.72. The van der Waals surface area contributed by atoms with Gasteiger partial charge in [0.25, 0.3) is 0 Å². The van der Waals surface area contributed by atoms with Crippen molar-refractivity contribution in [2.75, 3.05) is 13.1 Å². The summed E-state index contributed by atoms with van der Waals surface area (Å²) in [7, 11) is 0. The first-order valence-electron chi connectivity index (χ1n) is 6.52. The van der Waals surface area contributed by atoms with E-state index in [0.717, 1.165) is 27.1 Å². The summed E-state index contributed by atoms with van der Waals surface area (Å²) >= 11 is 0. The molecular formula is C15H13F3N2O. The van der Waals surface area contributed by atoms with Gasteiger partial charge in [-0.15, -0.1) is 0 Å². The summed E-state index contributed by atoms with van der Waals surface area (Å²) in [6.07, 6.45) is -4.47. The number of aromatic amines is 1. The number of rotatable bonds is 0. The Bertz CT molecular complexity index is 730. The third kappa shape index (κ3) is 2.30. The van der Waals surface area contributed by atoms with Gasteiger partial charge in [-0.1, -0.05) is 24.8 Å². The van der Waals surface area contributed by atoms with Crippen LogP contribution >= 0.6 is 0 Å². The fourth-order valence-corrected chi connectivity index (χ4v) is 2.75. The van der Waals surface area contributed by atoms with Crippen molar-refractivity contribution < 1.29 is 18.0 Å². The lowest BCUT2D eigenvalue weighted by Crippen LogP contribution is -2.42. The smallest absolute Gasteiger partial charge is 0.355 e. The highest BCUT2D eigenvalue weighted by Crippen LogP contribution is 2.31. The zero-order chi connectivity index (χ0) is 15.2. The summed E-state index contributed by atoms with van der Waals surface area (Å²) in [6, 6.07) is 7.60. The molecule has 0 aliphatic carbocycles.